The molecule has 0 amide bonds. The van der Waals surface area contributed by atoms with E-state index < -0.39 is 11.1 Å². The highest BCUT2D eigenvalue weighted by atomic mass is 35.5. The Labute approximate surface area is 90.9 Å². The molecule has 1 atom stereocenters. The molecular weight excluding hydrogens is 228 g/mol. The number of hydrogen-bond donors (Lipinski definition) is 0. The van der Waals surface area contributed by atoms with Crippen molar-refractivity contribution in [3.63, 3.8) is 0 Å². The van der Waals surface area contributed by atoms with Crippen LogP contribution in [0.4, 0.5) is 8.78 Å². The van der Waals surface area contributed by atoms with Crippen molar-refractivity contribution in [2.75, 3.05) is 6.26 Å². The molecule has 1 nitrogen and oxygen atoms in total. The molecule has 1 aromatic heterocycles. The van der Waals surface area contributed by atoms with E-state index in [1.165, 1.54) is 12.3 Å². The summed E-state index contributed by atoms with van der Waals surface area (Å²) in [6, 6.07) is 2.88. The minimum Gasteiger partial charge on any atom is -0.253 e. The van der Waals surface area contributed by atoms with Crippen LogP contribution >= 0.6 is 23.4 Å². The van der Waals surface area contributed by atoms with Crippen LogP contribution in [0.5, 0.6) is 0 Å². The second-order valence-electron chi connectivity index (χ2n) is 2.85. The fourth-order valence-electron chi connectivity index (χ4n) is 0.950. The number of alkyl halides is 3. The smallest absolute Gasteiger partial charge is 0.253 e. The van der Waals surface area contributed by atoms with Crippen molar-refractivity contribution in [3.05, 3.63) is 29.6 Å². The van der Waals surface area contributed by atoms with Gasteiger partial charge in [-0.1, -0.05) is 6.07 Å². The van der Waals surface area contributed by atoms with Gasteiger partial charge in [-0.05, 0) is 36.4 Å². The van der Waals surface area contributed by atoms with E-state index in [0.717, 1.165) is 5.56 Å². The van der Waals surface area contributed by atoms with Gasteiger partial charge in [0.15, 0.2) is 0 Å². The molecule has 0 radical (unpaired) electrons. The van der Waals surface area contributed by atoms with Crippen LogP contribution in [0.25, 0.3) is 0 Å². The number of pyridine rings is 1. The highest BCUT2D eigenvalue weighted by Crippen LogP contribution is 2.32. The van der Waals surface area contributed by atoms with Crippen LogP contribution in [0.1, 0.15) is 23.4 Å². The summed E-state index contributed by atoms with van der Waals surface area (Å²) < 4.78 is 25.1. The van der Waals surface area contributed by atoms with Crippen LogP contribution in [-0.4, -0.2) is 11.2 Å². The fraction of sp³-hybridized carbons (Fsp3) is 0.444. The lowest BCUT2D eigenvalue weighted by Crippen LogP contribution is -2.06. The number of halogens is 3. The SMILES string of the molecule is CS[C@H](C)c1ccc(C(F)(F)Cl)nc1. The lowest BCUT2D eigenvalue weighted by Gasteiger charge is -2.10. The molecule has 0 saturated carbocycles. The number of aromatic nitrogens is 1. The molecular formula is C9H10ClF2NS. The minimum atomic E-state index is -3.37. The third kappa shape index (κ3) is 2.82. The van der Waals surface area contributed by atoms with Crippen molar-refractivity contribution in [1.29, 1.82) is 0 Å². The molecule has 0 aliphatic heterocycles. The molecule has 0 fully saturated rings. The zero-order valence-corrected chi connectivity index (χ0v) is 9.37. The van der Waals surface area contributed by atoms with Gasteiger partial charge in [-0.2, -0.15) is 20.5 Å². The van der Waals surface area contributed by atoms with E-state index in [1.807, 2.05) is 13.2 Å². The lowest BCUT2D eigenvalue weighted by molar-refractivity contribution is 0.0900. The maximum absolute atomic E-state index is 12.6. The van der Waals surface area contributed by atoms with E-state index in [4.69, 9.17) is 11.6 Å². The number of nitrogens with zero attached hydrogens (tertiary/aromatic N) is 1. The van der Waals surface area contributed by atoms with E-state index in [9.17, 15) is 8.78 Å². The van der Waals surface area contributed by atoms with Gasteiger partial charge in [0.2, 0.25) is 0 Å². The lowest BCUT2D eigenvalue weighted by atomic mass is 10.2. The highest BCUT2D eigenvalue weighted by Gasteiger charge is 2.29. The summed E-state index contributed by atoms with van der Waals surface area (Å²) in [5.41, 5.74) is 0.512. The Morgan fingerprint density at radius 2 is 2.14 bits per heavy atom. The topological polar surface area (TPSA) is 12.9 Å². The van der Waals surface area contributed by atoms with Gasteiger partial charge in [0.05, 0.1) is 0 Å². The van der Waals surface area contributed by atoms with Gasteiger partial charge in [0, 0.05) is 11.4 Å². The Bertz CT molecular complexity index is 297. The monoisotopic (exact) mass is 237 g/mol. The van der Waals surface area contributed by atoms with Gasteiger partial charge in [-0.25, -0.2) is 0 Å². The molecule has 0 saturated heterocycles. The van der Waals surface area contributed by atoms with E-state index in [1.54, 1.807) is 17.8 Å². The molecule has 78 valence electrons. The molecule has 0 spiro atoms. The second kappa shape index (κ2) is 4.45. The minimum absolute atomic E-state index is 0.250. The Balaban J connectivity index is 2.89. The summed E-state index contributed by atoms with van der Waals surface area (Å²) >= 11 is 6.45. The van der Waals surface area contributed by atoms with E-state index in [2.05, 4.69) is 4.98 Å². The second-order valence-corrected chi connectivity index (χ2v) is 4.51. The van der Waals surface area contributed by atoms with Gasteiger partial charge in [0.25, 0.3) is 0 Å². The van der Waals surface area contributed by atoms with E-state index in [-0.39, 0.29) is 5.25 Å². The first-order valence-electron chi connectivity index (χ1n) is 4.01. The van der Waals surface area contributed by atoms with Gasteiger partial charge in [-0.15, -0.1) is 0 Å². The quantitative estimate of drug-likeness (QED) is 0.742. The summed E-state index contributed by atoms with van der Waals surface area (Å²) in [6.45, 7) is 1.99. The van der Waals surface area contributed by atoms with Gasteiger partial charge in [-0.3, -0.25) is 4.98 Å². The molecule has 0 unspecified atom stereocenters. The van der Waals surface area contributed by atoms with Crippen LogP contribution in [0.2, 0.25) is 0 Å². The van der Waals surface area contributed by atoms with Gasteiger partial charge >= 0.3 is 5.38 Å². The normalized spacial score (nSPS) is 14.1. The number of rotatable bonds is 3. The Kier molecular flexibility index (Phi) is 3.72. The van der Waals surface area contributed by atoms with Crippen molar-refractivity contribution >= 4 is 23.4 Å². The standard InChI is InChI=1S/C9H10ClF2NS/c1-6(14-2)7-3-4-8(13-5-7)9(10,11)12/h3-6H,1-2H3/t6-/m1/s1. The van der Waals surface area contributed by atoms with Gasteiger partial charge < -0.3 is 0 Å². The number of hydrogen-bond acceptors (Lipinski definition) is 2. The maximum atomic E-state index is 12.6. The molecule has 0 aliphatic carbocycles. The largest absolute Gasteiger partial charge is 0.364 e. The summed E-state index contributed by atoms with van der Waals surface area (Å²) in [5, 5.41) is -3.12. The Hall–Kier alpha value is -0.350. The first-order chi connectivity index (χ1) is 6.45. The Morgan fingerprint density at radius 1 is 1.50 bits per heavy atom. The van der Waals surface area contributed by atoms with Crippen LogP contribution in [0, 0.1) is 0 Å². The maximum Gasteiger partial charge on any atom is 0.364 e. The summed E-state index contributed by atoms with van der Waals surface area (Å²) in [6.07, 6.45) is 3.39. The van der Waals surface area contributed by atoms with E-state index >= 15 is 0 Å². The molecule has 0 bridgehead atoms. The molecule has 14 heavy (non-hydrogen) atoms. The van der Waals surface area contributed by atoms with Crippen molar-refractivity contribution in [2.45, 2.75) is 17.6 Å². The molecule has 0 N–H and O–H groups in total. The first kappa shape index (κ1) is 11.7. The third-order valence-corrected chi connectivity index (χ3v) is 3.07. The Morgan fingerprint density at radius 3 is 2.50 bits per heavy atom. The average molecular weight is 238 g/mol. The van der Waals surface area contributed by atoms with Crippen molar-refractivity contribution in [2.24, 2.45) is 0 Å². The number of thioether (sulfide) groups is 1. The summed E-state index contributed by atoms with van der Waals surface area (Å²) in [4.78, 5) is 3.62. The molecule has 0 aliphatic rings. The van der Waals surface area contributed by atoms with Crippen LogP contribution in [0.15, 0.2) is 18.3 Å². The van der Waals surface area contributed by atoms with Crippen molar-refractivity contribution < 1.29 is 8.78 Å². The van der Waals surface area contributed by atoms with Crippen molar-refractivity contribution in [3.8, 4) is 0 Å². The molecule has 0 aromatic carbocycles. The molecule has 1 rings (SSSR count). The van der Waals surface area contributed by atoms with Crippen LogP contribution < -0.4 is 0 Å². The fourth-order valence-corrected chi connectivity index (χ4v) is 1.47. The zero-order valence-electron chi connectivity index (χ0n) is 7.80. The van der Waals surface area contributed by atoms with E-state index in [0.29, 0.717) is 0 Å². The molecule has 1 aromatic rings. The highest BCUT2D eigenvalue weighted by molar-refractivity contribution is 7.98. The zero-order chi connectivity index (χ0) is 10.8. The van der Waals surface area contributed by atoms with Crippen LogP contribution in [0.3, 0.4) is 0 Å². The first-order valence-corrected chi connectivity index (χ1v) is 5.67. The summed E-state index contributed by atoms with van der Waals surface area (Å²) in [5.74, 6) is 0. The summed E-state index contributed by atoms with van der Waals surface area (Å²) in [7, 11) is 0. The predicted octanol–water partition coefficient (Wildman–Crippen LogP) is 3.79. The molecule has 5 heteroatoms. The van der Waals surface area contributed by atoms with Crippen LogP contribution in [-0.2, 0) is 5.38 Å². The van der Waals surface area contributed by atoms with Crippen molar-refractivity contribution in [1.82, 2.24) is 4.98 Å². The third-order valence-electron chi connectivity index (χ3n) is 1.90. The molecule has 1 heterocycles. The average Bonchev–Trinajstić information content (AvgIpc) is 2.15. The van der Waals surface area contributed by atoms with Gasteiger partial charge in [0.1, 0.15) is 5.69 Å². The predicted molar refractivity (Wildman–Crippen MR) is 55.9 cm³/mol.